The number of hydrogen-bond donors (Lipinski definition) is 0. The van der Waals surface area contributed by atoms with Gasteiger partial charge in [0.2, 0.25) is 0 Å². The van der Waals surface area contributed by atoms with Crippen molar-refractivity contribution in [3.8, 4) is 0 Å². The minimum Gasteiger partial charge on any atom is -0.444 e. The summed E-state index contributed by atoms with van der Waals surface area (Å²) in [6.07, 6.45) is 5.14. The first-order valence-electron chi connectivity index (χ1n) is 7.29. The van der Waals surface area contributed by atoms with Gasteiger partial charge in [0, 0.05) is 7.05 Å². The zero-order valence-electron chi connectivity index (χ0n) is 14.0. The van der Waals surface area contributed by atoms with Crippen molar-refractivity contribution in [2.24, 2.45) is 7.05 Å². The quantitative estimate of drug-likeness (QED) is 0.837. The van der Waals surface area contributed by atoms with E-state index in [4.69, 9.17) is 9.47 Å². The van der Waals surface area contributed by atoms with Crippen LogP contribution < -0.4 is 0 Å². The summed E-state index contributed by atoms with van der Waals surface area (Å²) in [6.45, 7) is 9.67. The predicted molar refractivity (Wildman–Crippen MR) is 81.9 cm³/mol. The van der Waals surface area contributed by atoms with Crippen LogP contribution in [0, 0.1) is 0 Å². The molecule has 1 atom stereocenters. The average molecular weight is 308 g/mol. The molecule has 0 spiro atoms. The molecule has 22 heavy (non-hydrogen) atoms. The normalized spacial score (nSPS) is 21.5. The van der Waals surface area contributed by atoms with Crippen molar-refractivity contribution in [3.05, 3.63) is 18.0 Å². The van der Waals surface area contributed by atoms with E-state index in [2.05, 4.69) is 10.3 Å². The Bertz CT molecular complexity index is 572. The molecule has 1 aromatic heterocycles. The molecule has 2 rings (SSSR count). The van der Waals surface area contributed by atoms with Gasteiger partial charge in [0.25, 0.3) is 0 Å². The second-order valence-corrected chi connectivity index (χ2v) is 6.85. The molecule has 7 nitrogen and oxygen atoms in total. The van der Waals surface area contributed by atoms with Gasteiger partial charge in [0.15, 0.2) is 0 Å². The molecule has 0 aromatic carbocycles. The third-order valence-corrected chi connectivity index (χ3v) is 3.22. The van der Waals surface area contributed by atoms with Crippen molar-refractivity contribution in [1.29, 1.82) is 0 Å². The Morgan fingerprint density at radius 2 is 2.18 bits per heavy atom. The largest absolute Gasteiger partial charge is 0.444 e. The molecule has 1 amide bonds. The van der Waals surface area contributed by atoms with E-state index >= 15 is 0 Å². The Hall–Kier alpha value is -1.89. The van der Waals surface area contributed by atoms with Gasteiger partial charge in [-0.2, -0.15) is 0 Å². The molecule has 0 aliphatic carbocycles. The Labute approximate surface area is 130 Å². The minimum atomic E-state index is -0.709. The fraction of sp³-hybridized carbons (Fsp3) is 0.667. The number of rotatable bonds is 2. The Morgan fingerprint density at radius 1 is 1.50 bits per heavy atom. The summed E-state index contributed by atoms with van der Waals surface area (Å²) in [5, 5.41) is 7.87. The molecule has 1 aliphatic heterocycles. The number of ether oxygens (including phenoxy) is 2. The van der Waals surface area contributed by atoms with Gasteiger partial charge in [-0.15, -0.1) is 5.10 Å². The van der Waals surface area contributed by atoms with Gasteiger partial charge >= 0.3 is 6.09 Å². The summed E-state index contributed by atoms with van der Waals surface area (Å²) >= 11 is 0. The summed E-state index contributed by atoms with van der Waals surface area (Å²) in [7, 11) is 1.80. The average Bonchev–Trinajstić information content (AvgIpc) is 2.87. The molecular formula is C15H24N4O3. The molecule has 1 aromatic rings. The highest BCUT2D eigenvalue weighted by molar-refractivity contribution is 5.70. The molecule has 0 saturated carbocycles. The topological polar surface area (TPSA) is 69.5 Å². The van der Waals surface area contributed by atoms with Gasteiger partial charge < -0.3 is 9.47 Å². The highest BCUT2D eigenvalue weighted by atomic mass is 16.6. The molecule has 0 radical (unpaired) electrons. The van der Waals surface area contributed by atoms with Crippen LogP contribution in [-0.2, 0) is 16.5 Å². The lowest BCUT2D eigenvalue weighted by atomic mass is 10.2. The third-order valence-electron chi connectivity index (χ3n) is 3.22. The van der Waals surface area contributed by atoms with E-state index in [1.165, 1.54) is 0 Å². The second-order valence-electron chi connectivity index (χ2n) is 6.85. The van der Waals surface area contributed by atoms with Crippen LogP contribution in [0.3, 0.4) is 0 Å². The first-order valence-corrected chi connectivity index (χ1v) is 7.29. The number of aryl methyl sites for hydroxylation is 1. The number of nitrogens with zero attached hydrogens (tertiary/aromatic N) is 4. The smallest absolute Gasteiger partial charge is 0.413 e. The van der Waals surface area contributed by atoms with E-state index in [-0.39, 0.29) is 12.1 Å². The highest BCUT2D eigenvalue weighted by Gasteiger charge is 2.44. The van der Waals surface area contributed by atoms with Crippen LogP contribution in [0.15, 0.2) is 12.3 Å². The molecule has 7 heteroatoms. The monoisotopic (exact) mass is 308 g/mol. The zero-order chi connectivity index (χ0) is 16.5. The first kappa shape index (κ1) is 16.5. The maximum atomic E-state index is 12.5. The van der Waals surface area contributed by atoms with E-state index in [1.54, 1.807) is 22.8 Å². The lowest BCUT2D eigenvalue weighted by molar-refractivity contribution is -0.0610. The lowest BCUT2D eigenvalue weighted by Gasteiger charge is -2.34. The molecule has 1 saturated heterocycles. The maximum absolute atomic E-state index is 12.5. The van der Waals surface area contributed by atoms with Gasteiger partial charge in [0.1, 0.15) is 17.0 Å². The number of carbonyl (C=O) groups is 1. The summed E-state index contributed by atoms with van der Waals surface area (Å²) in [5.41, 5.74) is -0.523. The summed E-state index contributed by atoms with van der Waals surface area (Å²) in [6, 6.07) is -0.202. The Kier molecular flexibility index (Phi) is 4.28. The van der Waals surface area contributed by atoms with Crippen LogP contribution >= 0.6 is 0 Å². The van der Waals surface area contributed by atoms with Gasteiger partial charge in [0.05, 0.1) is 18.8 Å². The molecule has 1 aliphatic rings. The van der Waals surface area contributed by atoms with Crippen molar-refractivity contribution >= 4 is 12.2 Å². The summed E-state index contributed by atoms with van der Waals surface area (Å²) < 4.78 is 12.8. The fourth-order valence-electron chi connectivity index (χ4n) is 2.29. The molecule has 0 N–H and O–H groups in total. The molecule has 122 valence electrons. The highest BCUT2D eigenvalue weighted by Crippen LogP contribution is 2.30. The second kappa shape index (κ2) is 5.72. The van der Waals surface area contributed by atoms with Crippen LogP contribution in [0.1, 0.15) is 40.3 Å². The third kappa shape index (κ3) is 3.85. The minimum absolute atomic E-state index is 0.202. The first-order chi connectivity index (χ1) is 10.1. The van der Waals surface area contributed by atoms with Gasteiger partial charge in [-0.05, 0) is 40.7 Å². The molecule has 0 unspecified atom stereocenters. The van der Waals surface area contributed by atoms with Gasteiger partial charge in [-0.25, -0.2) is 4.79 Å². The van der Waals surface area contributed by atoms with E-state index in [1.807, 2.05) is 46.8 Å². The van der Waals surface area contributed by atoms with Gasteiger partial charge in [-0.1, -0.05) is 11.3 Å². The number of amides is 1. The SMILES string of the molecule is Cn1cc(/C=C/[C@H]2COC(C)(C)N2C(=O)OC(C)(C)C)nn1. The predicted octanol–water partition coefficient (Wildman–Crippen LogP) is 2.20. The van der Waals surface area contributed by atoms with Crippen molar-refractivity contribution in [2.75, 3.05) is 6.61 Å². The Balaban J connectivity index is 2.16. The Morgan fingerprint density at radius 3 is 2.73 bits per heavy atom. The zero-order valence-corrected chi connectivity index (χ0v) is 14.0. The van der Waals surface area contributed by atoms with Crippen LogP contribution in [0.4, 0.5) is 4.79 Å². The number of hydrogen-bond acceptors (Lipinski definition) is 5. The van der Waals surface area contributed by atoms with E-state index in [0.29, 0.717) is 6.61 Å². The van der Waals surface area contributed by atoms with E-state index in [0.717, 1.165) is 5.69 Å². The van der Waals surface area contributed by atoms with E-state index < -0.39 is 11.3 Å². The maximum Gasteiger partial charge on any atom is 0.413 e. The van der Waals surface area contributed by atoms with E-state index in [9.17, 15) is 4.79 Å². The summed E-state index contributed by atoms with van der Waals surface area (Å²) in [5.74, 6) is 0. The van der Waals surface area contributed by atoms with Crippen LogP contribution in [0.2, 0.25) is 0 Å². The molecular weight excluding hydrogens is 284 g/mol. The van der Waals surface area contributed by atoms with Crippen molar-refractivity contribution in [1.82, 2.24) is 19.9 Å². The van der Waals surface area contributed by atoms with Crippen molar-refractivity contribution < 1.29 is 14.3 Å². The number of aromatic nitrogens is 3. The van der Waals surface area contributed by atoms with Crippen LogP contribution in [-0.4, -0.2) is 50.0 Å². The fourth-order valence-corrected chi connectivity index (χ4v) is 2.29. The lowest BCUT2D eigenvalue weighted by Crippen LogP contribution is -2.49. The van der Waals surface area contributed by atoms with Crippen molar-refractivity contribution in [2.45, 2.75) is 52.0 Å². The van der Waals surface area contributed by atoms with Crippen LogP contribution in [0.5, 0.6) is 0 Å². The number of carbonyl (C=O) groups excluding carboxylic acids is 1. The van der Waals surface area contributed by atoms with Crippen molar-refractivity contribution in [3.63, 3.8) is 0 Å². The standard InChI is InChI=1S/C15H24N4O3/c1-14(2,3)22-13(20)19-12(10-21-15(19,4)5)8-7-11-9-18(6)17-16-11/h7-9,12H,10H2,1-6H3/b8-7+/t12-/m0/s1. The van der Waals surface area contributed by atoms with Crippen LogP contribution in [0.25, 0.3) is 6.08 Å². The molecule has 2 heterocycles. The summed E-state index contributed by atoms with van der Waals surface area (Å²) in [4.78, 5) is 14.1. The molecule has 0 bridgehead atoms. The van der Waals surface area contributed by atoms with Gasteiger partial charge in [-0.3, -0.25) is 9.58 Å². The molecule has 1 fully saturated rings.